The van der Waals surface area contributed by atoms with Crippen LogP contribution >= 0.6 is 0 Å². The molecule has 1 rings (SSSR count). The third-order valence-electron chi connectivity index (χ3n) is 2.48. The highest BCUT2D eigenvalue weighted by Gasteiger charge is 2.31. The van der Waals surface area contributed by atoms with Crippen molar-refractivity contribution in [3.8, 4) is 0 Å². The van der Waals surface area contributed by atoms with E-state index in [0.717, 1.165) is 12.8 Å². The highest BCUT2D eigenvalue weighted by molar-refractivity contribution is 7.91. The van der Waals surface area contributed by atoms with Crippen molar-refractivity contribution in [2.75, 3.05) is 25.2 Å². The molecule has 1 unspecified atom stereocenters. The summed E-state index contributed by atoms with van der Waals surface area (Å²) in [6.07, 6.45) is 2.75. The molecule has 4 nitrogen and oxygen atoms in total. The first-order valence-electron chi connectivity index (χ1n) is 5.00. The number of hydrogen-bond acceptors (Lipinski definition) is 4. The van der Waals surface area contributed by atoms with Crippen LogP contribution in [0.25, 0.3) is 0 Å². The van der Waals surface area contributed by atoms with E-state index in [1.165, 1.54) is 0 Å². The van der Waals surface area contributed by atoms with Gasteiger partial charge in [-0.1, -0.05) is 0 Å². The first kappa shape index (κ1) is 11.9. The fourth-order valence-electron chi connectivity index (χ4n) is 1.46. The summed E-state index contributed by atoms with van der Waals surface area (Å²) < 4.78 is 27.8. The van der Waals surface area contributed by atoms with Gasteiger partial charge in [-0.15, -0.1) is 0 Å². The smallest absolute Gasteiger partial charge is 0.151 e. The largest absolute Gasteiger partial charge is 0.385 e. The zero-order valence-electron chi connectivity index (χ0n) is 8.61. The van der Waals surface area contributed by atoms with E-state index in [1.807, 2.05) is 0 Å². The molecule has 0 saturated heterocycles. The van der Waals surface area contributed by atoms with E-state index in [2.05, 4.69) is 0 Å². The van der Waals surface area contributed by atoms with Crippen molar-refractivity contribution < 1.29 is 13.2 Å². The van der Waals surface area contributed by atoms with Crippen molar-refractivity contribution in [2.45, 2.75) is 25.3 Å². The van der Waals surface area contributed by atoms with Crippen LogP contribution in [0.3, 0.4) is 0 Å². The highest BCUT2D eigenvalue weighted by atomic mass is 32.2. The predicted molar refractivity (Wildman–Crippen MR) is 55.8 cm³/mol. The van der Waals surface area contributed by atoms with Gasteiger partial charge < -0.3 is 10.5 Å². The molecule has 0 bridgehead atoms. The van der Waals surface area contributed by atoms with Crippen molar-refractivity contribution in [2.24, 2.45) is 11.7 Å². The first-order chi connectivity index (χ1) is 6.55. The van der Waals surface area contributed by atoms with E-state index in [4.69, 9.17) is 10.5 Å². The van der Waals surface area contributed by atoms with Crippen LogP contribution in [-0.2, 0) is 14.6 Å². The summed E-state index contributed by atoms with van der Waals surface area (Å²) in [5, 5.41) is 0. The zero-order valence-corrected chi connectivity index (χ0v) is 9.42. The number of hydrogen-bond donors (Lipinski definition) is 1. The Labute approximate surface area is 85.7 Å². The van der Waals surface area contributed by atoms with E-state index in [1.54, 1.807) is 7.11 Å². The summed E-state index contributed by atoms with van der Waals surface area (Å²) in [6.45, 7) is 0.498. The Balaban J connectivity index is 2.25. The third kappa shape index (κ3) is 4.39. The van der Waals surface area contributed by atoms with Gasteiger partial charge in [0.15, 0.2) is 9.84 Å². The third-order valence-corrected chi connectivity index (χ3v) is 4.28. The second-order valence-corrected chi connectivity index (χ2v) is 6.19. The fourth-order valence-corrected chi connectivity index (χ4v) is 3.04. The van der Waals surface area contributed by atoms with Gasteiger partial charge in [-0.05, 0) is 25.2 Å². The Bertz CT molecular complexity index is 259. The second kappa shape index (κ2) is 5.09. The van der Waals surface area contributed by atoms with Crippen LogP contribution in [0.15, 0.2) is 0 Å². The van der Waals surface area contributed by atoms with Crippen LogP contribution < -0.4 is 5.73 Å². The van der Waals surface area contributed by atoms with Gasteiger partial charge >= 0.3 is 0 Å². The lowest BCUT2D eigenvalue weighted by molar-refractivity contribution is 0.199. The average Bonchev–Trinajstić information content (AvgIpc) is 2.85. The summed E-state index contributed by atoms with van der Waals surface area (Å²) in [6, 6.07) is -0.150. The van der Waals surface area contributed by atoms with E-state index in [-0.39, 0.29) is 17.5 Å². The molecular weight excluding hydrogens is 202 g/mol. The van der Waals surface area contributed by atoms with E-state index in [0.29, 0.717) is 18.9 Å². The van der Waals surface area contributed by atoms with Crippen molar-refractivity contribution >= 4 is 9.84 Å². The Morgan fingerprint density at radius 2 is 2.14 bits per heavy atom. The SMILES string of the molecule is COCCCS(=O)(=O)CC(N)C1CC1. The molecule has 5 heteroatoms. The minimum atomic E-state index is -2.96. The second-order valence-electron chi connectivity index (χ2n) is 3.96. The maximum absolute atomic E-state index is 11.5. The van der Waals surface area contributed by atoms with Gasteiger partial charge in [0.1, 0.15) is 0 Å². The standard InChI is InChI=1S/C9H19NO3S/c1-13-5-2-6-14(11,12)7-9(10)8-3-4-8/h8-9H,2-7,10H2,1H3. The van der Waals surface area contributed by atoms with E-state index >= 15 is 0 Å². The van der Waals surface area contributed by atoms with E-state index < -0.39 is 9.84 Å². The van der Waals surface area contributed by atoms with Gasteiger partial charge in [0.25, 0.3) is 0 Å². The number of sulfone groups is 1. The Hall–Kier alpha value is -0.130. The molecule has 0 heterocycles. The van der Waals surface area contributed by atoms with E-state index in [9.17, 15) is 8.42 Å². The van der Waals surface area contributed by atoms with Crippen molar-refractivity contribution in [1.29, 1.82) is 0 Å². The van der Waals surface area contributed by atoms with Crippen LogP contribution in [-0.4, -0.2) is 39.7 Å². The molecule has 84 valence electrons. The van der Waals surface area contributed by atoms with Crippen molar-refractivity contribution in [3.05, 3.63) is 0 Å². The van der Waals surface area contributed by atoms with Gasteiger partial charge in [-0.25, -0.2) is 8.42 Å². The van der Waals surface area contributed by atoms with Crippen LogP contribution in [0.4, 0.5) is 0 Å². The maximum atomic E-state index is 11.5. The molecular formula is C9H19NO3S. The molecule has 1 saturated carbocycles. The lowest BCUT2D eigenvalue weighted by Crippen LogP contribution is -2.32. The quantitative estimate of drug-likeness (QED) is 0.622. The van der Waals surface area contributed by atoms with Gasteiger partial charge in [-0.2, -0.15) is 0 Å². The normalized spacial score (nSPS) is 19.6. The molecule has 0 aromatic carbocycles. The molecule has 0 amide bonds. The van der Waals surface area contributed by atoms with Crippen LogP contribution in [0.5, 0.6) is 0 Å². The maximum Gasteiger partial charge on any atom is 0.151 e. The predicted octanol–water partition coefficient (Wildman–Crippen LogP) is 0.175. The van der Waals surface area contributed by atoms with Gasteiger partial charge in [0.2, 0.25) is 0 Å². The minimum Gasteiger partial charge on any atom is -0.385 e. The summed E-state index contributed by atoms with van der Waals surface area (Å²) in [5.41, 5.74) is 5.76. The molecule has 1 fully saturated rings. The summed E-state index contributed by atoms with van der Waals surface area (Å²) in [5.74, 6) is 0.787. The minimum absolute atomic E-state index is 0.140. The number of rotatable bonds is 7. The molecule has 0 radical (unpaired) electrons. The molecule has 0 aliphatic heterocycles. The van der Waals surface area contributed by atoms with Gasteiger partial charge in [0.05, 0.1) is 11.5 Å². The molecule has 1 aliphatic carbocycles. The molecule has 0 spiro atoms. The molecule has 0 aromatic rings. The molecule has 1 atom stereocenters. The summed E-state index contributed by atoms with van der Waals surface area (Å²) in [4.78, 5) is 0. The fraction of sp³-hybridized carbons (Fsp3) is 1.00. The topological polar surface area (TPSA) is 69.4 Å². The van der Waals surface area contributed by atoms with Crippen molar-refractivity contribution in [1.82, 2.24) is 0 Å². The van der Waals surface area contributed by atoms with Crippen LogP contribution in [0.1, 0.15) is 19.3 Å². The summed E-state index contributed by atoms with van der Waals surface area (Å²) in [7, 11) is -1.39. The molecule has 2 N–H and O–H groups in total. The average molecular weight is 221 g/mol. The number of nitrogens with two attached hydrogens (primary N) is 1. The lowest BCUT2D eigenvalue weighted by atomic mass is 10.2. The van der Waals surface area contributed by atoms with Gasteiger partial charge in [-0.3, -0.25) is 0 Å². The lowest BCUT2D eigenvalue weighted by Gasteiger charge is -2.10. The molecule has 14 heavy (non-hydrogen) atoms. The molecule has 1 aliphatic rings. The Morgan fingerprint density at radius 1 is 1.50 bits per heavy atom. The van der Waals surface area contributed by atoms with Crippen LogP contribution in [0, 0.1) is 5.92 Å². The van der Waals surface area contributed by atoms with Crippen LogP contribution in [0.2, 0.25) is 0 Å². The number of methoxy groups -OCH3 is 1. The van der Waals surface area contributed by atoms with Gasteiger partial charge in [0, 0.05) is 19.8 Å². The van der Waals surface area contributed by atoms with Crippen molar-refractivity contribution in [3.63, 3.8) is 0 Å². The first-order valence-corrected chi connectivity index (χ1v) is 6.82. The Morgan fingerprint density at radius 3 is 2.64 bits per heavy atom. The zero-order chi connectivity index (χ0) is 10.6. The highest BCUT2D eigenvalue weighted by Crippen LogP contribution is 2.32. The molecule has 0 aromatic heterocycles. The number of ether oxygens (including phenoxy) is 1. The summed E-state index contributed by atoms with van der Waals surface area (Å²) >= 11 is 0. The monoisotopic (exact) mass is 221 g/mol. The Kier molecular flexibility index (Phi) is 4.34.